The minimum Gasteiger partial charge on any atom is -0.443 e. The fourth-order valence-corrected chi connectivity index (χ4v) is 1.89. The monoisotopic (exact) mass is 365 g/mol. The number of carbonyl (C=O) groups is 2. The second-order valence-corrected chi connectivity index (χ2v) is 8.11. The van der Waals surface area contributed by atoms with Crippen molar-refractivity contribution >= 4 is 23.0 Å². The Bertz CT molecular complexity index is 883. The van der Waals surface area contributed by atoms with E-state index >= 15 is 0 Å². The van der Waals surface area contributed by atoms with Crippen LogP contribution < -0.4 is 10.2 Å². The highest BCUT2D eigenvalue weighted by Crippen LogP contribution is 2.16. The summed E-state index contributed by atoms with van der Waals surface area (Å²) in [7, 11) is 0. The fraction of sp³-hybridized carbons (Fsp3) is 0.588. The van der Waals surface area contributed by atoms with Gasteiger partial charge in [-0.2, -0.15) is 0 Å². The molecule has 2 rings (SSSR count). The van der Waals surface area contributed by atoms with Gasteiger partial charge in [0.05, 0.1) is 10.8 Å². The van der Waals surface area contributed by atoms with Crippen LogP contribution in [0.2, 0.25) is 0 Å². The molecule has 2 heterocycles. The van der Waals surface area contributed by atoms with E-state index in [9.17, 15) is 14.4 Å². The molecule has 0 atom stereocenters. The van der Waals surface area contributed by atoms with Crippen LogP contribution in [0.5, 0.6) is 0 Å². The number of aromatic nitrogens is 4. The summed E-state index contributed by atoms with van der Waals surface area (Å²) in [6.45, 7) is 10.2. The maximum Gasteiger partial charge on any atom is 0.317 e. The average molecular weight is 365 g/mol. The first-order chi connectivity index (χ1) is 11.9. The van der Waals surface area contributed by atoms with Gasteiger partial charge < -0.3 is 9.47 Å². The highest BCUT2D eigenvalue weighted by Gasteiger charge is 2.25. The Morgan fingerprint density at radius 1 is 1.12 bits per heavy atom. The van der Waals surface area contributed by atoms with Crippen LogP contribution in [0.15, 0.2) is 17.3 Å². The number of nitrogens with one attached hydrogen (secondary N) is 1. The molecule has 142 valence electrons. The third-order valence-electron chi connectivity index (χ3n) is 3.50. The smallest absolute Gasteiger partial charge is 0.317 e. The lowest BCUT2D eigenvalue weighted by atomic mass is 9.97. The molecule has 9 heteroatoms. The summed E-state index contributed by atoms with van der Waals surface area (Å²) >= 11 is 0. The zero-order valence-corrected chi connectivity index (χ0v) is 16.0. The van der Waals surface area contributed by atoms with Crippen LogP contribution in [0.4, 0.5) is 0 Å². The van der Waals surface area contributed by atoms with Gasteiger partial charge in [-0.25, -0.2) is 4.98 Å². The number of H-pyrrole nitrogens is 1. The van der Waals surface area contributed by atoms with Crippen molar-refractivity contribution in [3.63, 3.8) is 0 Å². The minimum atomic E-state index is -0.658. The van der Waals surface area contributed by atoms with Crippen LogP contribution >= 0.6 is 0 Å². The van der Waals surface area contributed by atoms with Gasteiger partial charge in [0, 0.05) is 0 Å². The molecule has 26 heavy (non-hydrogen) atoms. The summed E-state index contributed by atoms with van der Waals surface area (Å²) in [6, 6.07) is 0. The summed E-state index contributed by atoms with van der Waals surface area (Å²) in [5.41, 5.74) is -1.29. The van der Waals surface area contributed by atoms with Gasteiger partial charge in [-0.3, -0.25) is 19.0 Å². The van der Waals surface area contributed by atoms with E-state index < -0.39 is 16.8 Å². The third-order valence-corrected chi connectivity index (χ3v) is 3.50. The lowest BCUT2D eigenvalue weighted by molar-refractivity contribution is -0.775. The molecular formula is C17H25N4O5+. The number of fused-ring (bicyclic) bond motifs is 1. The van der Waals surface area contributed by atoms with Crippen molar-refractivity contribution < 1.29 is 23.7 Å². The second kappa shape index (κ2) is 6.89. The van der Waals surface area contributed by atoms with E-state index in [1.165, 1.54) is 21.8 Å². The van der Waals surface area contributed by atoms with Crippen LogP contribution in [0, 0.1) is 10.8 Å². The highest BCUT2D eigenvalue weighted by atomic mass is 16.5. The lowest BCUT2D eigenvalue weighted by Gasteiger charge is -2.16. The summed E-state index contributed by atoms with van der Waals surface area (Å²) in [5.74, 6) is -0.772. The predicted octanol–water partition coefficient (Wildman–Crippen LogP) is 1.11. The Morgan fingerprint density at radius 3 is 2.27 bits per heavy atom. The normalized spacial score (nSPS) is 12.2. The van der Waals surface area contributed by atoms with Gasteiger partial charge in [-0.15, -0.1) is 5.10 Å². The Labute approximate surface area is 150 Å². The molecule has 9 nitrogen and oxygen atoms in total. The van der Waals surface area contributed by atoms with E-state index in [1.54, 1.807) is 41.5 Å². The second-order valence-electron chi connectivity index (χ2n) is 8.11. The van der Waals surface area contributed by atoms with Crippen LogP contribution in [-0.2, 0) is 32.5 Å². The van der Waals surface area contributed by atoms with E-state index in [1.807, 2.05) is 0 Å². The summed E-state index contributed by atoms with van der Waals surface area (Å²) in [5, 5.41) is 3.16. The van der Waals surface area contributed by atoms with Gasteiger partial charge in [-0.05, 0) is 41.5 Å². The van der Waals surface area contributed by atoms with Crippen molar-refractivity contribution in [3.05, 3.63) is 22.9 Å². The molecule has 1 N–H and O–H groups in total. The van der Waals surface area contributed by atoms with Crippen molar-refractivity contribution in [1.29, 1.82) is 0 Å². The zero-order chi connectivity index (χ0) is 19.7. The Morgan fingerprint density at radius 2 is 1.69 bits per heavy atom. The fourth-order valence-electron chi connectivity index (χ4n) is 1.89. The number of hydrogen-bond acceptors (Lipinski definition) is 6. The molecule has 0 aliphatic rings. The molecule has 2 aromatic rings. The summed E-state index contributed by atoms with van der Waals surface area (Å²) in [6.07, 6.45) is 2.80. The molecule has 0 fully saturated rings. The maximum atomic E-state index is 12.5. The van der Waals surface area contributed by atoms with E-state index in [2.05, 4.69) is 10.1 Å². The first-order valence-electron chi connectivity index (χ1n) is 8.21. The summed E-state index contributed by atoms with van der Waals surface area (Å²) < 4.78 is 13.0. The standard InChI is InChI=1S/C17H24N4O5/c1-16(2,3)14(23)25-9-20-8-18-12-11(13(20)22)7-21(19-12)10-26-15(24)17(4,5)6/h7-8H,9-10H2,1-6H3/p+1. The van der Waals surface area contributed by atoms with Gasteiger partial charge in [-0.1, -0.05) is 4.68 Å². The molecule has 0 radical (unpaired) electrons. The van der Waals surface area contributed by atoms with Crippen molar-refractivity contribution in [1.82, 2.24) is 14.6 Å². The molecular weight excluding hydrogens is 340 g/mol. The van der Waals surface area contributed by atoms with Crippen molar-refractivity contribution in [2.24, 2.45) is 10.8 Å². The zero-order valence-electron chi connectivity index (χ0n) is 16.0. The Hall–Kier alpha value is -2.71. The Balaban J connectivity index is 2.15. The number of aromatic amines is 1. The number of hydrogen-bond donors (Lipinski definition) is 1. The molecule has 0 unspecified atom stereocenters. The van der Waals surface area contributed by atoms with Crippen LogP contribution in [0.3, 0.4) is 0 Å². The van der Waals surface area contributed by atoms with Crippen LogP contribution in [-0.4, -0.2) is 26.6 Å². The van der Waals surface area contributed by atoms with Crippen molar-refractivity contribution in [3.8, 4) is 0 Å². The topological polar surface area (TPSA) is 107 Å². The van der Waals surface area contributed by atoms with E-state index in [-0.39, 0.29) is 25.0 Å². The SMILES string of the molecule is CC(C)(C)C(=O)OCn1cnc2[nH][n+](COC(=O)C(C)(C)C)cc2c1=O. The molecule has 0 spiro atoms. The van der Waals surface area contributed by atoms with Gasteiger partial charge in [0.1, 0.15) is 6.33 Å². The molecule has 0 amide bonds. The highest BCUT2D eigenvalue weighted by molar-refractivity contribution is 5.75. The van der Waals surface area contributed by atoms with Crippen molar-refractivity contribution in [2.75, 3.05) is 0 Å². The number of nitrogens with zero attached hydrogens (tertiary/aromatic N) is 3. The van der Waals surface area contributed by atoms with E-state index in [4.69, 9.17) is 9.47 Å². The van der Waals surface area contributed by atoms with Gasteiger partial charge in [0.15, 0.2) is 12.1 Å². The predicted molar refractivity (Wildman–Crippen MR) is 91.6 cm³/mol. The van der Waals surface area contributed by atoms with Crippen LogP contribution in [0.25, 0.3) is 11.0 Å². The number of esters is 2. The first kappa shape index (κ1) is 19.6. The largest absolute Gasteiger partial charge is 0.443 e. The number of carbonyl (C=O) groups excluding carboxylic acids is 2. The lowest BCUT2D eigenvalue weighted by Crippen LogP contribution is -2.39. The van der Waals surface area contributed by atoms with E-state index in [0.717, 1.165) is 0 Å². The number of ether oxygens (including phenoxy) is 2. The van der Waals surface area contributed by atoms with Crippen LogP contribution in [0.1, 0.15) is 41.5 Å². The molecule has 0 bridgehead atoms. The van der Waals surface area contributed by atoms with Gasteiger partial charge in [0.25, 0.3) is 5.56 Å². The van der Waals surface area contributed by atoms with Crippen molar-refractivity contribution in [2.45, 2.75) is 55.0 Å². The third kappa shape index (κ3) is 4.47. The van der Waals surface area contributed by atoms with Gasteiger partial charge in [0.2, 0.25) is 11.8 Å². The first-order valence-corrected chi connectivity index (χ1v) is 8.21. The maximum absolute atomic E-state index is 12.5. The molecule has 0 saturated heterocycles. The van der Waals surface area contributed by atoms with Gasteiger partial charge >= 0.3 is 18.7 Å². The summed E-state index contributed by atoms with van der Waals surface area (Å²) in [4.78, 5) is 40.3. The molecule has 0 aromatic carbocycles. The molecule has 2 aromatic heterocycles. The molecule has 0 saturated carbocycles. The Kier molecular flexibility index (Phi) is 5.20. The average Bonchev–Trinajstić information content (AvgIpc) is 2.93. The molecule has 0 aliphatic heterocycles. The number of rotatable bonds is 4. The molecule has 0 aliphatic carbocycles. The van der Waals surface area contributed by atoms with E-state index in [0.29, 0.717) is 11.0 Å². The quantitative estimate of drug-likeness (QED) is 0.642. The minimum absolute atomic E-state index is 0.0646.